The van der Waals surface area contributed by atoms with Crippen molar-refractivity contribution < 1.29 is 0 Å². The SMILES string of the molecule is CC(C)[C@H]1CCc2ccccc2[C@@H](C)C1. The third-order valence-corrected chi connectivity index (χ3v) is 3.97. The molecule has 0 aromatic heterocycles. The molecule has 2 atom stereocenters. The average molecular weight is 202 g/mol. The van der Waals surface area contributed by atoms with Gasteiger partial charge in [-0.25, -0.2) is 0 Å². The number of rotatable bonds is 1. The Morgan fingerprint density at radius 2 is 1.93 bits per heavy atom. The van der Waals surface area contributed by atoms with Gasteiger partial charge in [0.05, 0.1) is 0 Å². The topological polar surface area (TPSA) is 0 Å². The summed E-state index contributed by atoms with van der Waals surface area (Å²) in [6, 6.07) is 9.00. The quantitative estimate of drug-likeness (QED) is 0.592. The highest BCUT2D eigenvalue weighted by atomic mass is 14.3. The molecule has 15 heavy (non-hydrogen) atoms. The van der Waals surface area contributed by atoms with Crippen LogP contribution in [-0.4, -0.2) is 0 Å². The second-order valence-electron chi connectivity index (χ2n) is 5.38. The number of hydrogen-bond acceptors (Lipinski definition) is 0. The van der Waals surface area contributed by atoms with Crippen molar-refractivity contribution >= 4 is 0 Å². The zero-order chi connectivity index (χ0) is 10.8. The standard InChI is InChI=1S/C15H22/c1-11(2)14-9-8-13-6-4-5-7-15(13)12(3)10-14/h4-7,11-12,14H,8-10H2,1-3H3/t12-,14-/m0/s1. The van der Waals surface area contributed by atoms with Crippen LogP contribution in [0.3, 0.4) is 0 Å². The third-order valence-electron chi connectivity index (χ3n) is 3.97. The van der Waals surface area contributed by atoms with E-state index >= 15 is 0 Å². The molecule has 1 aromatic carbocycles. The van der Waals surface area contributed by atoms with Crippen LogP contribution in [0.4, 0.5) is 0 Å². The Bertz CT molecular complexity index is 325. The molecule has 0 saturated heterocycles. The van der Waals surface area contributed by atoms with Gasteiger partial charge in [0, 0.05) is 0 Å². The number of benzene rings is 1. The highest BCUT2D eigenvalue weighted by molar-refractivity contribution is 5.31. The Kier molecular flexibility index (Phi) is 3.14. The van der Waals surface area contributed by atoms with Gasteiger partial charge in [-0.3, -0.25) is 0 Å². The van der Waals surface area contributed by atoms with Gasteiger partial charge in [0.1, 0.15) is 0 Å². The summed E-state index contributed by atoms with van der Waals surface area (Å²) in [5.41, 5.74) is 3.19. The van der Waals surface area contributed by atoms with Crippen molar-refractivity contribution in [2.24, 2.45) is 11.8 Å². The van der Waals surface area contributed by atoms with E-state index in [1.165, 1.54) is 19.3 Å². The molecule has 1 aliphatic carbocycles. The molecule has 0 radical (unpaired) electrons. The Morgan fingerprint density at radius 1 is 1.20 bits per heavy atom. The predicted molar refractivity (Wildman–Crippen MR) is 66.1 cm³/mol. The van der Waals surface area contributed by atoms with E-state index in [0.29, 0.717) is 0 Å². The summed E-state index contributed by atoms with van der Waals surface area (Å²) in [5, 5.41) is 0. The predicted octanol–water partition coefficient (Wildman–Crippen LogP) is 4.40. The molecule has 82 valence electrons. The van der Waals surface area contributed by atoms with Gasteiger partial charge in [-0.05, 0) is 48.1 Å². The van der Waals surface area contributed by atoms with Gasteiger partial charge in [0.25, 0.3) is 0 Å². The first-order valence-electron chi connectivity index (χ1n) is 6.26. The van der Waals surface area contributed by atoms with Gasteiger partial charge in [-0.15, -0.1) is 0 Å². The van der Waals surface area contributed by atoms with E-state index in [9.17, 15) is 0 Å². The van der Waals surface area contributed by atoms with Crippen LogP contribution < -0.4 is 0 Å². The third kappa shape index (κ3) is 2.25. The molecule has 0 heteroatoms. The summed E-state index contributed by atoms with van der Waals surface area (Å²) < 4.78 is 0. The molecule has 0 unspecified atom stereocenters. The summed E-state index contributed by atoms with van der Waals surface area (Å²) in [5.74, 6) is 2.49. The Hall–Kier alpha value is -0.780. The van der Waals surface area contributed by atoms with Crippen LogP contribution in [0.5, 0.6) is 0 Å². The molecule has 0 aliphatic heterocycles. The molecule has 2 rings (SSSR count). The summed E-state index contributed by atoms with van der Waals surface area (Å²) in [6.07, 6.45) is 4.02. The maximum atomic E-state index is 2.39. The lowest BCUT2D eigenvalue weighted by Crippen LogP contribution is -2.10. The second kappa shape index (κ2) is 4.38. The maximum absolute atomic E-state index is 2.39. The van der Waals surface area contributed by atoms with Crippen LogP contribution >= 0.6 is 0 Å². The lowest BCUT2D eigenvalue weighted by Gasteiger charge is -2.21. The molecule has 0 amide bonds. The molecule has 0 heterocycles. The number of fused-ring (bicyclic) bond motifs is 1. The first kappa shape index (κ1) is 10.7. The molecule has 0 bridgehead atoms. The van der Waals surface area contributed by atoms with E-state index < -0.39 is 0 Å². The molecule has 1 aliphatic rings. The number of hydrogen-bond donors (Lipinski definition) is 0. The molecule has 0 saturated carbocycles. The number of aryl methyl sites for hydroxylation is 1. The monoisotopic (exact) mass is 202 g/mol. The zero-order valence-electron chi connectivity index (χ0n) is 10.2. The lowest BCUT2D eigenvalue weighted by atomic mass is 9.85. The summed E-state index contributed by atoms with van der Waals surface area (Å²) >= 11 is 0. The molecule has 0 nitrogen and oxygen atoms in total. The average Bonchev–Trinajstić information content (AvgIpc) is 2.39. The van der Waals surface area contributed by atoms with Crippen molar-refractivity contribution in [3.05, 3.63) is 35.4 Å². The smallest absolute Gasteiger partial charge is 0.0185 e. The largest absolute Gasteiger partial charge is 0.0625 e. The maximum Gasteiger partial charge on any atom is -0.0185 e. The van der Waals surface area contributed by atoms with Crippen molar-refractivity contribution in [3.63, 3.8) is 0 Å². The van der Waals surface area contributed by atoms with Gasteiger partial charge in [-0.2, -0.15) is 0 Å². The fourth-order valence-corrected chi connectivity index (χ4v) is 2.89. The first-order valence-corrected chi connectivity index (χ1v) is 6.26. The van der Waals surface area contributed by atoms with Crippen LogP contribution in [0, 0.1) is 11.8 Å². The Balaban J connectivity index is 2.24. The molecule has 0 fully saturated rings. The van der Waals surface area contributed by atoms with Crippen LogP contribution in [0.25, 0.3) is 0 Å². The van der Waals surface area contributed by atoms with Crippen LogP contribution in [0.15, 0.2) is 24.3 Å². The van der Waals surface area contributed by atoms with Crippen molar-refractivity contribution in [1.82, 2.24) is 0 Å². The van der Waals surface area contributed by atoms with E-state index in [-0.39, 0.29) is 0 Å². The molecule has 0 spiro atoms. The summed E-state index contributed by atoms with van der Waals surface area (Å²) in [6.45, 7) is 7.13. The normalized spacial score (nSPS) is 26.1. The van der Waals surface area contributed by atoms with E-state index in [1.54, 1.807) is 11.1 Å². The van der Waals surface area contributed by atoms with Crippen molar-refractivity contribution in [2.45, 2.75) is 46.0 Å². The lowest BCUT2D eigenvalue weighted by molar-refractivity contribution is 0.328. The molecule has 1 aromatic rings. The highest BCUT2D eigenvalue weighted by Crippen LogP contribution is 2.36. The van der Waals surface area contributed by atoms with Crippen LogP contribution in [0.1, 0.15) is 50.7 Å². The minimum atomic E-state index is 0.746. The van der Waals surface area contributed by atoms with Gasteiger partial charge >= 0.3 is 0 Å². The second-order valence-corrected chi connectivity index (χ2v) is 5.38. The first-order chi connectivity index (χ1) is 7.18. The highest BCUT2D eigenvalue weighted by Gasteiger charge is 2.22. The van der Waals surface area contributed by atoms with Gasteiger partial charge in [0.15, 0.2) is 0 Å². The van der Waals surface area contributed by atoms with Gasteiger partial charge < -0.3 is 0 Å². The van der Waals surface area contributed by atoms with E-state index in [4.69, 9.17) is 0 Å². The summed E-state index contributed by atoms with van der Waals surface area (Å²) in [7, 11) is 0. The van der Waals surface area contributed by atoms with Gasteiger partial charge in [-0.1, -0.05) is 45.0 Å². The van der Waals surface area contributed by atoms with Crippen molar-refractivity contribution in [1.29, 1.82) is 0 Å². The van der Waals surface area contributed by atoms with Crippen molar-refractivity contribution in [3.8, 4) is 0 Å². The fourth-order valence-electron chi connectivity index (χ4n) is 2.89. The molecule has 0 N–H and O–H groups in total. The van der Waals surface area contributed by atoms with Gasteiger partial charge in [0.2, 0.25) is 0 Å². The Morgan fingerprint density at radius 3 is 2.67 bits per heavy atom. The molecular weight excluding hydrogens is 180 g/mol. The molecular formula is C15H22. The van der Waals surface area contributed by atoms with E-state index in [1.807, 2.05) is 0 Å². The minimum Gasteiger partial charge on any atom is -0.0625 e. The Labute approximate surface area is 93.7 Å². The minimum absolute atomic E-state index is 0.746. The van der Waals surface area contributed by atoms with Crippen LogP contribution in [-0.2, 0) is 6.42 Å². The van der Waals surface area contributed by atoms with Crippen LogP contribution in [0.2, 0.25) is 0 Å². The van der Waals surface area contributed by atoms with E-state index in [2.05, 4.69) is 45.0 Å². The zero-order valence-corrected chi connectivity index (χ0v) is 10.2. The van der Waals surface area contributed by atoms with Crippen molar-refractivity contribution in [2.75, 3.05) is 0 Å². The van der Waals surface area contributed by atoms with E-state index in [0.717, 1.165) is 17.8 Å². The fraction of sp³-hybridized carbons (Fsp3) is 0.600. The summed E-state index contributed by atoms with van der Waals surface area (Å²) in [4.78, 5) is 0.